The number of ether oxygens (including phenoxy) is 5. The zero-order valence-corrected chi connectivity index (χ0v) is 20.3. The van der Waals surface area contributed by atoms with Crippen LogP contribution in [0.4, 0.5) is 0 Å². The molecule has 2 aliphatic rings. The summed E-state index contributed by atoms with van der Waals surface area (Å²) in [5.41, 5.74) is 1.15. The van der Waals surface area contributed by atoms with Crippen molar-refractivity contribution >= 4 is 0 Å². The Morgan fingerprint density at radius 2 is 1.80 bits per heavy atom. The Kier molecular flexibility index (Phi) is 10.5. The van der Waals surface area contributed by atoms with Crippen molar-refractivity contribution in [1.29, 1.82) is 0 Å². The van der Waals surface area contributed by atoms with Gasteiger partial charge in [0.05, 0.1) is 12.2 Å². The first-order valence-corrected chi connectivity index (χ1v) is 11.5. The summed E-state index contributed by atoms with van der Waals surface area (Å²) >= 11 is 0. The van der Waals surface area contributed by atoms with Gasteiger partial charge in [-0.15, -0.1) is 0 Å². The van der Waals surface area contributed by atoms with E-state index in [-0.39, 0.29) is 24.6 Å². The van der Waals surface area contributed by atoms with Crippen LogP contribution < -0.4 is 0 Å². The Balaban J connectivity index is 1.84. The predicted molar refractivity (Wildman–Crippen MR) is 120 cm³/mol. The summed E-state index contributed by atoms with van der Waals surface area (Å²) in [6, 6.07) is 0. The molecule has 9 atom stereocenters. The fourth-order valence-corrected chi connectivity index (χ4v) is 5.42. The van der Waals surface area contributed by atoms with Crippen LogP contribution in [0.25, 0.3) is 0 Å². The van der Waals surface area contributed by atoms with Gasteiger partial charge in [0.2, 0.25) is 0 Å². The first kappa shape index (κ1) is 25.5. The first-order chi connectivity index (χ1) is 14.4. The second-order valence-corrected chi connectivity index (χ2v) is 9.00. The van der Waals surface area contributed by atoms with E-state index in [1.165, 1.54) is 6.42 Å². The predicted octanol–water partition coefficient (Wildman–Crippen LogP) is 5.00. The molecule has 30 heavy (non-hydrogen) atoms. The quantitative estimate of drug-likeness (QED) is 0.412. The van der Waals surface area contributed by atoms with Gasteiger partial charge in [0.1, 0.15) is 12.2 Å². The molecule has 0 aromatic rings. The Labute approximate surface area is 184 Å². The van der Waals surface area contributed by atoms with E-state index in [1.807, 2.05) is 7.11 Å². The van der Waals surface area contributed by atoms with Crippen LogP contribution in [0.3, 0.4) is 0 Å². The van der Waals surface area contributed by atoms with Gasteiger partial charge in [0.25, 0.3) is 0 Å². The second-order valence-electron chi connectivity index (χ2n) is 9.00. The van der Waals surface area contributed by atoms with Gasteiger partial charge in [0, 0.05) is 34.9 Å². The van der Waals surface area contributed by atoms with Crippen molar-refractivity contribution in [3.8, 4) is 0 Å². The Hall–Kier alpha value is -0.720. The lowest BCUT2D eigenvalue weighted by Gasteiger charge is -2.39. The minimum atomic E-state index is -0.368. The van der Waals surface area contributed by atoms with Gasteiger partial charge < -0.3 is 23.7 Å². The van der Waals surface area contributed by atoms with Crippen LogP contribution in [-0.2, 0) is 23.7 Å². The number of hydrogen-bond acceptors (Lipinski definition) is 5. The Morgan fingerprint density at radius 1 is 1.10 bits per heavy atom. The molecular weight excluding hydrogens is 380 g/mol. The van der Waals surface area contributed by atoms with E-state index < -0.39 is 0 Å². The second kappa shape index (κ2) is 12.4. The molecule has 0 aromatic carbocycles. The van der Waals surface area contributed by atoms with Gasteiger partial charge >= 0.3 is 0 Å². The molecular formula is C25H44O5. The topological polar surface area (TPSA) is 46.2 Å². The highest BCUT2D eigenvalue weighted by atomic mass is 16.7. The fourth-order valence-electron chi connectivity index (χ4n) is 5.42. The molecule has 1 saturated heterocycles. The van der Waals surface area contributed by atoms with E-state index in [2.05, 4.69) is 45.9 Å². The Morgan fingerprint density at radius 3 is 2.37 bits per heavy atom. The van der Waals surface area contributed by atoms with Crippen molar-refractivity contribution in [2.24, 2.45) is 23.7 Å². The number of methoxy groups -OCH3 is 4. The molecule has 0 aromatic heterocycles. The minimum Gasteiger partial charge on any atom is -0.381 e. The number of rotatable bonds is 12. The molecule has 0 bridgehead atoms. The molecule has 1 saturated carbocycles. The lowest BCUT2D eigenvalue weighted by atomic mass is 9.94. The van der Waals surface area contributed by atoms with Crippen LogP contribution in [0.1, 0.15) is 53.4 Å². The van der Waals surface area contributed by atoms with Gasteiger partial charge in [0.15, 0.2) is 6.29 Å². The summed E-state index contributed by atoms with van der Waals surface area (Å²) < 4.78 is 28.4. The number of allylic oxidation sites excluding steroid dienone is 3. The summed E-state index contributed by atoms with van der Waals surface area (Å²) in [4.78, 5) is 0. The van der Waals surface area contributed by atoms with Gasteiger partial charge in [-0.3, -0.25) is 0 Å². The molecule has 0 amide bonds. The van der Waals surface area contributed by atoms with Crippen LogP contribution in [0.5, 0.6) is 0 Å². The summed E-state index contributed by atoms with van der Waals surface area (Å²) in [6.07, 6.45) is 10.5. The third-order valence-electron chi connectivity index (χ3n) is 7.37. The molecule has 8 unspecified atom stereocenters. The van der Waals surface area contributed by atoms with Crippen molar-refractivity contribution < 1.29 is 23.7 Å². The zero-order valence-electron chi connectivity index (χ0n) is 20.3. The summed E-state index contributed by atoms with van der Waals surface area (Å²) in [5.74, 6) is 3.09. The highest BCUT2D eigenvalue weighted by molar-refractivity contribution is 5.17. The minimum absolute atomic E-state index is 0.0344. The van der Waals surface area contributed by atoms with Crippen LogP contribution in [-0.4, -0.2) is 59.1 Å². The van der Waals surface area contributed by atoms with Crippen LogP contribution in [0.2, 0.25) is 0 Å². The molecule has 0 spiro atoms. The monoisotopic (exact) mass is 424 g/mol. The third-order valence-corrected chi connectivity index (χ3v) is 7.37. The van der Waals surface area contributed by atoms with Crippen molar-refractivity contribution in [2.75, 3.05) is 28.4 Å². The summed E-state index contributed by atoms with van der Waals surface area (Å²) in [6.45, 7) is 9.07. The van der Waals surface area contributed by atoms with Crippen molar-refractivity contribution in [2.45, 2.75) is 84.1 Å². The molecule has 2 rings (SSSR count). The van der Waals surface area contributed by atoms with E-state index in [9.17, 15) is 0 Å². The maximum absolute atomic E-state index is 6.12. The van der Waals surface area contributed by atoms with E-state index in [0.29, 0.717) is 12.0 Å². The van der Waals surface area contributed by atoms with Crippen molar-refractivity contribution in [1.82, 2.24) is 0 Å². The maximum Gasteiger partial charge on any atom is 0.184 e. The van der Waals surface area contributed by atoms with E-state index in [1.54, 1.807) is 21.3 Å². The van der Waals surface area contributed by atoms with Gasteiger partial charge in [-0.2, -0.15) is 0 Å². The number of hydrogen-bond donors (Lipinski definition) is 0. The van der Waals surface area contributed by atoms with Crippen LogP contribution in [0, 0.1) is 23.7 Å². The molecule has 1 aliphatic carbocycles. The molecule has 5 heteroatoms. The highest BCUT2D eigenvalue weighted by Crippen LogP contribution is 2.54. The zero-order chi connectivity index (χ0) is 22.3. The lowest BCUT2D eigenvalue weighted by Crippen LogP contribution is -2.49. The van der Waals surface area contributed by atoms with E-state index in [0.717, 1.165) is 42.6 Å². The standard InChI is InChI=1S/C25H44O5/c1-9-20(26-5)18(4)23-17(3)19(23)14-12-10-11-13-16(2)24-21(27-6)15-22(28-7)25(29-8)30-24/h10-11,13,17-25H,9,12,14-15H2,1-8H3/b11-10+,16-13+/t17-,18?,19?,20?,21?,22?,23?,24?,25?/m0/s1. The fraction of sp³-hybridized carbons (Fsp3) is 0.840. The van der Waals surface area contributed by atoms with Gasteiger partial charge in [-0.25, -0.2) is 0 Å². The molecule has 174 valence electrons. The smallest absolute Gasteiger partial charge is 0.184 e. The summed E-state index contributed by atoms with van der Waals surface area (Å²) in [7, 11) is 6.91. The third kappa shape index (κ3) is 6.17. The summed E-state index contributed by atoms with van der Waals surface area (Å²) in [5, 5.41) is 0. The lowest BCUT2D eigenvalue weighted by molar-refractivity contribution is -0.256. The molecule has 2 fully saturated rings. The molecule has 1 heterocycles. The van der Waals surface area contributed by atoms with Gasteiger partial charge in [-0.05, 0) is 55.4 Å². The maximum atomic E-state index is 6.12. The van der Waals surface area contributed by atoms with Gasteiger partial charge in [-0.1, -0.05) is 39.0 Å². The highest BCUT2D eigenvalue weighted by Gasteiger charge is 2.50. The first-order valence-electron chi connectivity index (χ1n) is 11.5. The normalized spacial score (nSPS) is 36.8. The molecule has 1 aliphatic heterocycles. The molecule has 5 nitrogen and oxygen atoms in total. The average Bonchev–Trinajstić information content (AvgIpc) is 3.41. The van der Waals surface area contributed by atoms with Crippen molar-refractivity contribution in [3.63, 3.8) is 0 Å². The Bertz CT molecular complexity index is 556. The average molecular weight is 425 g/mol. The van der Waals surface area contributed by atoms with Crippen molar-refractivity contribution in [3.05, 3.63) is 23.8 Å². The molecule has 0 N–H and O–H groups in total. The van der Waals surface area contributed by atoms with Crippen LogP contribution >= 0.6 is 0 Å². The molecule has 0 radical (unpaired) electrons. The van der Waals surface area contributed by atoms with E-state index in [4.69, 9.17) is 23.7 Å². The van der Waals surface area contributed by atoms with E-state index >= 15 is 0 Å². The largest absolute Gasteiger partial charge is 0.381 e. The SMILES string of the molecule is CCC(OC)C(C)C1C(CC/C=C/C=C(\C)C2OC(OC)C(OC)CC2OC)[C@@H]1C. The van der Waals surface area contributed by atoms with Crippen LogP contribution in [0.15, 0.2) is 23.8 Å².